The molecule has 0 radical (unpaired) electrons. The molecule has 1 heterocycles. The molecule has 1 fully saturated rings. The van der Waals surface area contributed by atoms with Crippen molar-refractivity contribution in [2.45, 2.75) is 25.7 Å². The molecule has 0 spiro atoms. The van der Waals surface area contributed by atoms with Crippen molar-refractivity contribution in [2.75, 3.05) is 4.90 Å². The van der Waals surface area contributed by atoms with Crippen LogP contribution in [0.4, 0.5) is 10.1 Å². The number of para-hydroxylation sites is 1. The van der Waals surface area contributed by atoms with Crippen molar-refractivity contribution in [3.8, 4) is 5.75 Å². The maximum Gasteiger partial charge on any atom is 0.238 e. The molecule has 4 aliphatic rings. The molecule has 0 bridgehead atoms. The number of benzene rings is 2. The van der Waals surface area contributed by atoms with Gasteiger partial charge in [0.15, 0.2) is 23.1 Å². The molecule has 2 amide bonds. The minimum Gasteiger partial charge on any atom is -0.505 e. The van der Waals surface area contributed by atoms with E-state index in [0.29, 0.717) is 11.3 Å². The van der Waals surface area contributed by atoms with Crippen LogP contribution < -0.4 is 4.90 Å². The number of rotatable bonds is 2. The van der Waals surface area contributed by atoms with Crippen LogP contribution in [0.1, 0.15) is 31.2 Å². The zero-order chi connectivity index (χ0) is 26.2. The van der Waals surface area contributed by atoms with Gasteiger partial charge in [-0.1, -0.05) is 39.7 Å². The molecule has 3 aliphatic carbocycles. The first-order valence-corrected chi connectivity index (χ1v) is 12.8. The Hall–Kier alpha value is -3.65. The molecule has 6 rings (SSSR count). The summed E-state index contributed by atoms with van der Waals surface area (Å²) >= 11 is 3.37. The van der Waals surface area contributed by atoms with E-state index in [0.717, 1.165) is 10.5 Å². The lowest BCUT2D eigenvalue weighted by Crippen LogP contribution is -2.39. The SMILES string of the molecule is CC1=CC(=O)C2=C(CC3C(=CCC4C(=O)N(c5ccc(Br)cc5)C(=O)C43)C2c2cccc(F)c2O)C1=O. The second kappa shape index (κ2) is 8.45. The summed E-state index contributed by atoms with van der Waals surface area (Å²) in [5, 5.41) is 10.7. The number of carbonyl (C=O) groups excluding carboxylic acids is 4. The van der Waals surface area contributed by atoms with Gasteiger partial charge in [0.25, 0.3) is 0 Å². The van der Waals surface area contributed by atoms with E-state index in [4.69, 9.17) is 0 Å². The predicted molar refractivity (Wildman–Crippen MR) is 136 cm³/mol. The van der Waals surface area contributed by atoms with Crippen molar-refractivity contribution in [3.05, 3.63) is 92.8 Å². The molecule has 1 N–H and O–H groups in total. The number of hydrogen-bond acceptors (Lipinski definition) is 5. The largest absolute Gasteiger partial charge is 0.505 e. The summed E-state index contributed by atoms with van der Waals surface area (Å²) < 4.78 is 15.3. The number of fused-ring (bicyclic) bond motifs is 3. The number of phenols is 1. The quantitative estimate of drug-likeness (QED) is 0.319. The first kappa shape index (κ1) is 23.7. The third-order valence-corrected chi connectivity index (χ3v) is 8.50. The molecule has 1 saturated heterocycles. The van der Waals surface area contributed by atoms with E-state index in [9.17, 15) is 28.7 Å². The first-order chi connectivity index (χ1) is 17.7. The number of nitrogens with zero attached hydrogens (tertiary/aromatic N) is 1. The number of imide groups is 1. The lowest BCUT2D eigenvalue weighted by Gasteiger charge is -2.42. The smallest absolute Gasteiger partial charge is 0.238 e. The van der Waals surface area contributed by atoms with Gasteiger partial charge in [0.2, 0.25) is 11.8 Å². The molecular formula is C29H21BrFNO5. The molecule has 4 unspecified atom stereocenters. The van der Waals surface area contributed by atoms with Gasteiger partial charge < -0.3 is 5.11 Å². The maximum absolute atomic E-state index is 14.5. The van der Waals surface area contributed by atoms with Crippen LogP contribution in [0.3, 0.4) is 0 Å². The third-order valence-electron chi connectivity index (χ3n) is 7.98. The van der Waals surface area contributed by atoms with Gasteiger partial charge in [0, 0.05) is 32.7 Å². The van der Waals surface area contributed by atoms with E-state index < -0.39 is 35.2 Å². The highest BCUT2D eigenvalue weighted by Crippen LogP contribution is 2.56. The number of amides is 2. The highest BCUT2D eigenvalue weighted by atomic mass is 79.9. The Labute approximate surface area is 220 Å². The topological polar surface area (TPSA) is 91.8 Å². The molecule has 1 aliphatic heterocycles. The Balaban J connectivity index is 1.50. The van der Waals surface area contributed by atoms with Gasteiger partial charge in [-0.3, -0.25) is 24.1 Å². The van der Waals surface area contributed by atoms with Crippen molar-refractivity contribution in [1.29, 1.82) is 0 Å². The highest BCUT2D eigenvalue weighted by molar-refractivity contribution is 9.10. The van der Waals surface area contributed by atoms with Crippen molar-refractivity contribution in [1.82, 2.24) is 0 Å². The number of carbonyl (C=O) groups is 4. The number of anilines is 1. The summed E-state index contributed by atoms with van der Waals surface area (Å²) in [6.45, 7) is 1.56. The Bertz CT molecular complexity index is 1520. The van der Waals surface area contributed by atoms with Gasteiger partial charge in [-0.2, -0.15) is 0 Å². The zero-order valence-corrected chi connectivity index (χ0v) is 21.3. The summed E-state index contributed by atoms with van der Waals surface area (Å²) in [7, 11) is 0. The number of allylic oxidation sites excluding steroid dienone is 6. The fourth-order valence-corrected chi connectivity index (χ4v) is 6.61. The average Bonchev–Trinajstić information content (AvgIpc) is 3.13. The van der Waals surface area contributed by atoms with Crippen LogP contribution in [0.25, 0.3) is 0 Å². The third kappa shape index (κ3) is 3.42. The molecule has 2 aromatic carbocycles. The van der Waals surface area contributed by atoms with Gasteiger partial charge in [-0.25, -0.2) is 4.39 Å². The molecule has 4 atom stereocenters. The summed E-state index contributed by atoms with van der Waals surface area (Å²) in [5.41, 5.74) is 2.05. The molecule has 0 saturated carbocycles. The Kier molecular flexibility index (Phi) is 5.42. The standard InChI is InChI=1S/C29H21BrFNO5/c1-13-11-22(33)25-20(26(13)34)12-19-16(23(25)17-3-2-4-21(31)27(17)35)9-10-18-24(19)29(37)32(28(18)36)15-7-5-14(30)6-8-15/h2-9,11,18-19,23-24,35H,10,12H2,1H3. The van der Waals surface area contributed by atoms with Gasteiger partial charge in [-0.05, 0) is 62.1 Å². The Morgan fingerprint density at radius 3 is 2.46 bits per heavy atom. The molecule has 8 heteroatoms. The van der Waals surface area contributed by atoms with Crippen LogP contribution in [0, 0.1) is 23.6 Å². The van der Waals surface area contributed by atoms with Gasteiger partial charge >= 0.3 is 0 Å². The first-order valence-electron chi connectivity index (χ1n) is 12.0. The van der Waals surface area contributed by atoms with E-state index in [2.05, 4.69) is 15.9 Å². The number of halogens is 2. The van der Waals surface area contributed by atoms with Crippen LogP contribution in [0.2, 0.25) is 0 Å². The van der Waals surface area contributed by atoms with E-state index in [1.807, 2.05) is 6.08 Å². The molecule has 2 aromatic rings. The highest BCUT2D eigenvalue weighted by Gasteiger charge is 2.56. The maximum atomic E-state index is 14.5. The second-order valence-corrected chi connectivity index (χ2v) is 10.8. The van der Waals surface area contributed by atoms with Crippen LogP contribution in [0.15, 0.2) is 81.4 Å². The van der Waals surface area contributed by atoms with E-state index in [-0.39, 0.29) is 58.5 Å². The molecule has 37 heavy (non-hydrogen) atoms. The fourth-order valence-electron chi connectivity index (χ4n) is 6.35. The number of phenolic OH excluding ortho intramolecular Hbond substituents is 1. The number of ketones is 2. The molecular weight excluding hydrogens is 541 g/mol. The summed E-state index contributed by atoms with van der Waals surface area (Å²) in [6.07, 6.45) is 3.50. The van der Waals surface area contributed by atoms with Crippen LogP contribution >= 0.6 is 15.9 Å². The van der Waals surface area contributed by atoms with Crippen molar-refractivity contribution >= 4 is 45.0 Å². The summed E-state index contributed by atoms with van der Waals surface area (Å²) in [4.78, 5) is 54.9. The van der Waals surface area contributed by atoms with Crippen LogP contribution in [-0.4, -0.2) is 28.5 Å². The van der Waals surface area contributed by atoms with E-state index >= 15 is 0 Å². The number of Topliss-reactive ketones (excluding diaryl/α,β-unsaturated/α-hetero) is 1. The van der Waals surface area contributed by atoms with Crippen LogP contribution in [-0.2, 0) is 19.2 Å². The normalized spacial score (nSPS) is 27.1. The molecule has 0 aromatic heterocycles. The Morgan fingerprint density at radius 2 is 1.73 bits per heavy atom. The van der Waals surface area contributed by atoms with Crippen molar-refractivity contribution < 1.29 is 28.7 Å². The van der Waals surface area contributed by atoms with Crippen molar-refractivity contribution in [2.24, 2.45) is 17.8 Å². The summed E-state index contributed by atoms with van der Waals surface area (Å²) in [5.74, 6) is -5.57. The van der Waals surface area contributed by atoms with E-state index in [1.54, 1.807) is 31.2 Å². The molecule has 186 valence electrons. The zero-order valence-electron chi connectivity index (χ0n) is 19.7. The van der Waals surface area contributed by atoms with Crippen LogP contribution in [0.5, 0.6) is 5.75 Å². The fraction of sp³-hybridized carbons (Fsp3) is 0.241. The van der Waals surface area contributed by atoms with Crippen molar-refractivity contribution in [3.63, 3.8) is 0 Å². The molecule has 6 nitrogen and oxygen atoms in total. The average molecular weight is 562 g/mol. The summed E-state index contributed by atoms with van der Waals surface area (Å²) in [6, 6.07) is 11.0. The van der Waals surface area contributed by atoms with Gasteiger partial charge in [0.1, 0.15) is 0 Å². The lowest BCUT2D eigenvalue weighted by atomic mass is 9.59. The lowest BCUT2D eigenvalue weighted by molar-refractivity contribution is -0.123. The predicted octanol–water partition coefficient (Wildman–Crippen LogP) is 4.93. The number of aromatic hydroxyl groups is 1. The second-order valence-electron chi connectivity index (χ2n) is 9.89. The minimum atomic E-state index is -0.893. The minimum absolute atomic E-state index is 0.123. The monoisotopic (exact) mass is 561 g/mol. The van der Waals surface area contributed by atoms with Gasteiger partial charge in [-0.15, -0.1) is 0 Å². The van der Waals surface area contributed by atoms with E-state index in [1.165, 1.54) is 23.1 Å². The van der Waals surface area contributed by atoms with Gasteiger partial charge in [0.05, 0.1) is 17.5 Å². The number of hydrogen-bond donors (Lipinski definition) is 1. The Morgan fingerprint density at radius 1 is 1.00 bits per heavy atom.